The Balaban J connectivity index is 1.59. The first-order chi connectivity index (χ1) is 14.5. The van der Waals surface area contributed by atoms with Crippen molar-refractivity contribution in [1.29, 1.82) is 0 Å². The number of benzene rings is 1. The molecule has 3 heterocycles. The third-order valence-electron chi connectivity index (χ3n) is 6.42. The number of nitrogens with zero attached hydrogens (tertiary/aromatic N) is 4. The number of hydrogen-bond donors (Lipinski definition) is 2. The van der Waals surface area contributed by atoms with Gasteiger partial charge in [0, 0.05) is 38.0 Å². The lowest BCUT2D eigenvalue weighted by Crippen LogP contribution is -2.45. The summed E-state index contributed by atoms with van der Waals surface area (Å²) in [5.41, 5.74) is 4.32. The van der Waals surface area contributed by atoms with E-state index < -0.39 is 12.1 Å². The summed E-state index contributed by atoms with van der Waals surface area (Å²) >= 11 is 0. The molecule has 3 aliphatic rings. The Morgan fingerprint density at radius 1 is 1.20 bits per heavy atom. The van der Waals surface area contributed by atoms with E-state index in [1.807, 2.05) is 18.2 Å². The van der Waals surface area contributed by atoms with Gasteiger partial charge in [-0.2, -0.15) is 5.10 Å². The molecule has 8 heteroatoms. The van der Waals surface area contributed by atoms with E-state index in [4.69, 9.17) is 5.10 Å². The van der Waals surface area contributed by atoms with E-state index in [1.54, 1.807) is 9.58 Å². The van der Waals surface area contributed by atoms with Crippen molar-refractivity contribution in [2.75, 3.05) is 19.6 Å². The first-order valence-corrected chi connectivity index (χ1v) is 10.3. The maximum Gasteiger partial charge on any atom is 0.407 e. The number of carbonyl (C=O) groups is 2. The van der Waals surface area contributed by atoms with Crippen LogP contribution in [0.1, 0.15) is 47.3 Å². The molecule has 1 aromatic carbocycles. The maximum absolute atomic E-state index is 12.2. The molecular formula is C22H24N4O4. The van der Waals surface area contributed by atoms with Crippen LogP contribution in [0.15, 0.2) is 30.9 Å². The van der Waals surface area contributed by atoms with Gasteiger partial charge in [0.1, 0.15) is 11.4 Å². The lowest BCUT2D eigenvalue weighted by Gasteiger charge is -2.35. The largest absolute Gasteiger partial charge is 0.506 e. The Kier molecular flexibility index (Phi) is 4.30. The predicted molar refractivity (Wildman–Crippen MR) is 109 cm³/mol. The van der Waals surface area contributed by atoms with Crippen LogP contribution >= 0.6 is 0 Å². The van der Waals surface area contributed by atoms with Crippen molar-refractivity contribution in [3.8, 4) is 11.4 Å². The molecule has 156 valence electrons. The predicted octanol–water partition coefficient (Wildman–Crippen LogP) is 2.60. The van der Waals surface area contributed by atoms with Gasteiger partial charge in [-0.25, -0.2) is 9.48 Å². The van der Waals surface area contributed by atoms with Crippen LogP contribution in [0, 0.1) is 0 Å². The summed E-state index contributed by atoms with van der Waals surface area (Å²) in [5, 5.41) is 25.2. The molecule has 1 saturated carbocycles. The zero-order chi connectivity index (χ0) is 21.0. The van der Waals surface area contributed by atoms with Gasteiger partial charge >= 0.3 is 6.09 Å². The fraction of sp³-hybridized carbons (Fsp3) is 0.409. The van der Waals surface area contributed by atoms with Gasteiger partial charge in [0.05, 0.1) is 17.4 Å². The van der Waals surface area contributed by atoms with Gasteiger partial charge in [0.2, 0.25) is 5.91 Å². The molecule has 2 N–H and O–H groups in total. The van der Waals surface area contributed by atoms with Crippen LogP contribution in [0.3, 0.4) is 0 Å². The molecule has 1 atom stereocenters. The number of rotatable bonds is 3. The highest BCUT2D eigenvalue weighted by molar-refractivity contribution is 5.87. The molecule has 30 heavy (non-hydrogen) atoms. The fourth-order valence-electron chi connectivity index (χ4n) is 4.74. The molecule has 1 aliphatic carbocycles. The number of carbonyl (C=O) groups excluding carboxylic acids is 1. The van der Waals surface area contributed by atoms with Crippen molar-refractivity contribution in [3.63, 3.8) is 0 Å². The number of amides is 2. The summed E-state index contributed by atoms with van der Waals surface area (Å²) in [7, 11) is 0. The zero-order valence-electron chi connectivity index (χ0n) is 16.6. The molecule has 1 aromatic heterocycles. The quantitative estimate of drug-likeness (QED) is 0.761. The van der Waals surface area contributed by atoms with Crippen LogP contribution in [0.25, 0.3) is 5.69 Å². The van der Waals surface area contributed by atoms with Crippen molar-refractivity contribution >= 4 is 12.0 Å². The summed E-state index contributed by atoms with van der Waals surface area (Å²) in [4.78, 5) is 27.2. The number of aromatic hydroxyl groups is 1. The summed E-state index contributed by atoms with van der Waals surface area (Å²) in [6.45, 7) is 4.60. The van der Waals surface area contributed by atoms with Gasteiger partial charge < -0.3 is 15.1 Å². The van der Waals surface area contributed by atoms with E-state index in [1.165, 1.54) is 11.0 Å². The Morgan fingerprint density at radius 2 is 2.00 bits per heavy atom. The molecular weight excluding hydrogens is 384 g/mol. The molecule has 2 aliphatic heterocycles. The van der Waals surface area contributed by atoms with E-state index in [-0.39, 0.29) is 18.2 Å². The van der Waals surface area contributed by atoms with Crippen molar-refractivity contribution < 1.29 is 19.8 Å². The normalized spacial score (nSPS) is 20.5. The highest BCUT2D eigenvalue weighted by atomic mass is 16.4. The second-order valence-electron chi connectivity index (χ2n) is 8.22. The van der Waals surface area contributed by atoms with Gasteiger partial charge in [-0.3, -0.25) is 9.69 Å². The van der Waals surface area contributed by atoms with E-state index in [9.17, 15) is 19.8 Å². The summed E-state index contributed by atoms with van der Waals surface area (Å²) in [6, 6.07) is 5.29. The van der Waals surface area contributed by atoms with Gasteiger partial charge in [-0.1, -0.05) is 12.6 Å². The fourth-order valence-corrected chi connectivity index (χ4v) is 4.74. The Bertz CT molecular complexity index is 1060. The van der Waals surface area contributed by atoms with Gasteiger partial charge in [-0.05, 0) is 42.5 Å². The Morgan fingerprint density at radius 3 is 2.67 bits per heavy atom. The second-order valence-corrected chi connectivity index (χ2v) is 8.22. The molecule has 1 unspecified atom stereocenters. The number of phenolic OH excluding ortho intramolecular Hbond substituents is 1. The van der Waals surface area contributed by atoms with Gasteiger partial charge in [0.25, 0.3) is 0 Å². The second kappa shape index (κ2) is 6.90. The molecule has 2 amide bonds. The number of carboxylic acid groups (broad SMARTS) is 1. The maximum atomic E-state index is 12.2. The van der Waals surface area contributed by atoms with E-state index >= 15 is 0 Å². The SMILES string of the molecule is C=CC(=O)N1CCc2nn(-c3ccc(C4CC4)cc3O)c3c2C(C1)N(C(=O)O)CC3. The van der Waals surface area contributed by atoms with Crippen LogP contribution in [-0.4, -0.2) is 61.4 Å². The summed E-state index contributed by atoms with van der Waals surface area (Å²) < 4.78 is 1.77. The van der Waals surface area contributed by atoms with E-state index in [0.29, 0.717) is 37.5 Å². The third-order valence-corrected chi connectivity index (χ3v) is 6.42. The van der Waals surface area contributed by atoms with E-state index in [0.717, 1.165) is 35.4 Å². The highest BCUT2D eigenvalue weighted by Crippen LogP contribution is 2.43. The monoisotopic (exact) mass is 408 g/mol. The third kappa shape index (κ3) is 2.94. The summed E-state index contributed by atoms with van der Waals surface area (Å²) in [6.07, 6.45) is 3.61. The highest BCUT2D eigenvalue weighted by Gasteiger charge is 2.40. The topological polar surface area (TPSA) is 98.9 Å². The van der Waals surface area contributed by atoms with Gasteiger partial charge in [-0.15, -0.1) is 0 Å². The van der Waals surface area contributed by atoms with Crippen LogP contribution < -0.4 is 0 Å². The van der Waals surface area contributed by atoms with Crippen LogP contribution in [-0.2, 0) is 17.6 Å². The molecule has 1 fully saturated rings. The van der Waals surface area contributed by atoms with Crippen molar-refractivity contribution in [2.45, 2.75) is 37.6 Å². The van der Waals surface area contributed by atoms with Crippen LogP contribution in [0.4, 0.5) is 4.79 Å². The molecule has 0 spiro atoms. The Hall–Kier alpha value is -3.29. The minimum Gasteiger partial charge on any atom is -0.506 e. The standard InChI is InChI=1S/C22H24N4O4/c1-2-20(28)24-9-7-15-21-17(8-10-25(22(29)30)18(21)12-24)26(23-15)16-6-5-14(11-19(16)27)13-3-4-13/h2,5-6,11,13,18,27H,1,3-4,7-10,12H2,(H,29,30). The van der Waals surface area contributed by atoms with Crippen LogP contribution in [0.5, 0.6) is 5.75 Å². The average Bonchev–Trinajstić information content (AvgIpc) is 3.54. The average molecular weight is 408 g/mol. The minimum atomic E-state index is -1.01. The zero-order valence-corrected chi connectivity index (χ0v) is 16.6. The number of hydrogen-bond acceptors (Lipinski definition) is 4. The molecule has 0 saturated heterocycles. The first kappa shape index (κ1) is 18.7. The summed E-state index contributed by atoms with van der Waals surface area (Å²) in [5.74, 6) is 0.521. The lowest BCUT2D eigenvalue weighted by molar-refractivity contribution is -0.126. The van der Waals surface area contributed by atoms with Crippen molar-refractivity contribution in [1.82, 2.24) is 19.6 Å². The first-order valence-electron chi connectivity index (χ1n) is 10.3. The smallest absolute Gasteiger partial charge is 0.407 e. The number of aromatic nitrogens is 2. The van der Waals surface area contributed by atoms with Crippen molar-refractivity contribution in [2.24, 2.45) is 0 Å². The van der Waals surface area contributed by atoms with Crippen LogP contribution in [0.2, 0.25) is 0 Å². The molecule has 5 rings (SSSR count). The molecule has 2 aromatic rings. The lowest BCUT2D eigenvalue weighted by atomic mass is 9.96. The molecule has 0 bridgehead atoms. The Labute approximate surface area is 174 Å². The van der Waals surface area contributed by atoms with Gasteiger partial charge in [0.15, 0.2) is 0 Å². The molecule has 0 radical (unpaired) electrons. The van der Waals surface area contributed by atoms with E-state index in [2.05, 4.69) is 6.58 Å². The minimum absolute atomic E-state index is 0.189. The number of phenols is 1. The van der Waals surface area contributed by atoms with Crippen molar-refractivity contribution in [3.05, 3.63) is 53.4 Å². The molecule has 8 nitrogen and oxygen atoms in total.